The van der Waals surface area contributed by atoms with Crippen LogP contribution in [0.3, 0.4) is 0 Å². The molecule has 0 aromatic heterocycles. The summed E-state index contributed by atoms with van der Waals surface area (Å²) in [4.78, 5) is 23.1. The van der Waals surface area contributed by atoms with Crippen LogP contribution in [0, 0.1) is 0 Å². The predicted octanol–water partition coefficient (Wildman–Crippen LogP) is 2.51. The molecule has 20 heavy (non-hydrogen) atoms. The van der Waals surface area contributed by atoms with Gasteiger partial charge in [-0.1, -0.05) is 13.3 Å². The van der Waals surface area contributed by atoms with Gasteiger partial charge in [-0.2, -0.15) is 0 Å². The van der Waals surface area contributed by atoms with Gasteiger partial charge in [0.2, 0.25) is 0 Å². The van der Waals surface area contributed by atoms with E-state index < -0.39 is 11.9 Å². The molecule has 0 heterocycles. The zero-order chi connectivity index (χ0) is 15.0. The van der Waals surface area contributed by atoms with Crippen molar-refractivity contribution >= 4 is 11.9 Å². The fraction of sp³-hybridized carbons (Fsp3) is 0.467. The Morgan fingerprint density at radius 1 is 1.10 bits per heavy atom. The molecule has 110 valence electrons. The van der Waals surface area contributed by atoms with Gasteiger partial charge in [-0.05, 0) is 24.6 Å². The summed E-state index contributed by atoms with van der Waals surface area (Å²) in [6, 6.07) is 5.14. The number of unbranched alkanes of at least 4 members (excludes halogenated alkanes) is 1. The van der Waals surface area contributed by atoms with Crippen molar-refractivity contribution < 1.29 is 23.8 Å². The molecule has 0 fully saturated rings. The van der Waals surface area contributed by atoms with E-state index in [4.69, 9.17) is 14.2 Å². The molecule has 0 unspecified atom stereocenters. The predicted molar refractivity (Wildman–Crippen MR) is 73.9 cm³/mol. The summed E-state index contributed by atoms with van der Waals surface area (Å²) in [5.74, 6) is 0.103. The van der Waals surface area contributed by atoms with Crippen molar-refractivity contribution in [1.29, 1.82) is 0 Å². The van der Waals surface area contributed by atoms with Crippen molar-refractivity contribution in [3.63, 3.8) is 0 Å². The first kappa shape index (κ1) is 16.0. The maximum Gasteiger partial charge on any atom is 0.318 e. The molecule has 1 rings (SSSR count). The molecule has 5 nitrogen and oxygen atoms in total. The first-order chi connectivity index (χ1) is 9.60. The first-order valence-electron chi connectivity index (χ1n) is 6.55. The van der Waals surface area contributed by atoms with Crippen LogP contribution in [0.15, 0.2) is 18.2 Å². The van der Waals surface area contributed by atoms with Gasteiger partial charge >= 0.3 is 11.9 Å². The minimum absolute atomic E-state index is 0.0295. The summed E-state index contributed by atoms with van der Waals surface area (Å²) in [6.45, 7) is 1.97. The zero-order valence-electron chi connectivity index (χ0n) is 12.1. The van der Waals surface area contributed by atoms with E-state index in [9.17, 15) is 9.59 Å². The number of esters is 2. The maximum absolute atomic E-state index is 11.7. The van der Waals surface area contributed by atoms with E-state index in [1.54, 1.807) is 18.2 Å². The van der Waals surface area contributed by atoms with Crippen molar-refractivity contribution in [1.82, 2.24) is 0 Å². The van der Waals surface area contributed by atoms with Crippen LogP contribution in [-0.2, 0) is 20.7 Å². The van der Waals surface area contributed by atoms with Gasteiger partial charge in [0.1, 0.15) is 11.5 Å². The second-order valence-corrected chi connectivity index (χ2v) is 4.30. The summed E-state index contributed by atoms with van der Waals surface area (Å²) in [5, 5.41) is 0. The van der Waals surface area contributed by atoms with Crippen LogP contribution in [0.25, 0.3) is 0 Å². The number of rotatable bonds is 7. The monoisotopic (exact) mass is 280 g/mol. The Morgan fingerprint density at radius 3 is 2.45 bits per heavy atom. The summed E-state index contributed by atoms with van der Waals surface area (Å²) >= 11 is 0. The van der Waals surface area contributed by atoms with Gasteiger partial charge in [0.25, 0.3) is 0 Å². The average Bonchev–Trinajstić information content (AvgIpc) is 2.44. The SMILES string of the molecule is CCCCC(=O)OC(=O)Cc1cc(OC)ccc1OC. The van der Waals surface area contributed by atoms with Crippen molar-refractivity contribution in [3.8, 4) is 11.5 Å². The third-order valence-electron chi connectivity index (χ3n) is 2.78. The van der Waals surface area contributed by atoms with Crippen LogP contribution in [-0.4, -0.2) is 26.2 Å². The second kappa shape index (κ2) is 8.19. The third-order valence-corrected chi connectivity index (χ3v) is 2.78. The molecule has 0 saturated carbocycles. The largest absolute Gasteiger partial charge is 0.497 e. The highest BCUT2D eigenvalue weighted by Gasteiger charge is 2.14. The van der Waals surface area contributed by atoms with Gasteiger partial charge in [0.15, 0.2) is 0 Å². The van der Waals surface area contributed by atoms with Gasteiger partial charge < -0.3 is 14.2 Å². The fourth-order valence-electron chi connectivity index (χ4n) is 1.71. The molecular weight excluding hydrogens is 260 g/mol. The molecule has 0 bridgehead atoms. The highest BCUT2D eigenvalue weighted by atomic mass is 16.6. The second-order valence-electron chi connectivity index (χ2n) is 4.30. The Bertz CT molecular complexity index is 467. The van der Waals surface area contributed by atoms with Crippen LogP contribution in [0.4, 0.5) is 0 Å². The summed E-state index contributed by atoms with van der Waals surface area (Å²) in [7, 11) is 3.06. The van der Waals surface area contributed by atoms with E-state index in [1.807, 2.05) is 6.92 Å². The van der Waals surface area contributed by atoms with Gasteiger partial charge in [-0.25, -0.2) is 0 Å². The van der Waals surface area contributed by atoms with E-state index >= 15 is 0 Å². The number of methoxy groups -OCH3 is 2. The van der Waals surface area contributed by atoms with E-state index in [-0.39, 0.29) is 12.8 Å². The van der Waals surface area contributed by atoms with Crippen LogP contribution in [0.5, 0.6) is 11.5 Å². The van der Waals surface area contributed by atoms with E-state index in [2.05, 4.69) is 0 Å². The van der Waals surface area contributed by atoms with E-state index in [1.165, 1.54) is 14.2 Å². The molecule has 0 saturated heterocycles. The number of ether oxygens (including phenoxy) is 3. The van der Waals surface area contributed by atoms with Crippen molar-refractivity contribution in [3.05, 3.63) is 23.8 Å². The fourth-order valence-corrected chi connectivity index (χ4v) is 1.71. The lowest BCUT2D eigenvalue weighted by molar-refractivity contribution is -0.159. The lowest BCUT2D eigenvalue weighted by Gasteiger charge is -2.09. The molecule has 5 heteroatoms. The summed E-state index contributed by atoms with van der Waals surface area (Å²) < 4.78 is 15.0. The normalized spacial score (nSPS) is 9.95. The summed E-state index contributed by atoms with van der Waals surface area (Å²) in [5.41, 5.74) is 0.625. The average molecular weight is 280 g/mol. The van der Waals surface area contributed by atoms with E-state index in [0.717, 1.165) is 6.42 Å². The molecule has 0 amide bonds. The Hall–Kier alpha value is -2.04. The molecule has 0 radical (unpaired) electrons. The number of carbonyl (C=O) groups is 2. The molecule has 0 spiro atoms. The molecular formula is C15H20O5. The summed E-state index contributed by atoms with van der Waals surface area (Å²) in [6.07, 6.45) is 1.83. The zero-order valence-corrected chi connectivity index (χ0v) is 12.1. The third kappa shape index (κ3) is 4.91. The first-order valence-corrected chi connectivity index (χ1v) is 6.55. The molecule has 0 atom stereocenters. The lowest BCUT2D eigenvalue weighted by Crippen LogP contribution is -2.14. The minimum atomic E-state index is -0.586. The van der Waals surface area contributed by atoms with Crippen LogP contribution < -0.4 is 9.47 Å². The van der Waals surface area contributed by atoms with Crippen molar-refractivity contribution in [2.24, 2.45) is 0 Å². The maximum atomic E-state index is 11.7. The number of benzene rings is 1. The van der Waals surface area contributed by atoms with Crippen molar-refractivity contribution in [2.75, 3.05) is 14.2 Å². The van der Waals surface area contributed by atoms with Gasteiger partial charge in [-0.3, -0.25) is 9.59 Å². The molecule has 0 aliphatic rings. The number of carbonyl (C=O) groups excluding carboxylic acids is 2. The molecule has 0 aliphatic carbocycles. The minimum Gasteiger partial charge on any atom is -0.497 e. The van der Waals surface area contributed by atoms with Gasteiger partial charge in [-0.15, -0.1) is 0 Å². The topological polar surface area (TPSA) is 61.8 Å². The highest BCUT2D eigenvalue weighted by Crippen LogP contribution is 2.24. The number of hydrogen-bond donors (Lipinski definition) is 0. The Labute approximate surface area is 118 Å². The quantitative estimate of drug-likeness (QED) is 0.567. The number of hydrogen-bond acceptors (Lipinski definition) is 5. The molecule has 0 aliphatic heterocycles. The Morgan fingerprint density at radius 2 is 1.85 bits per heavy atom. The van der Waals surface area contributed by atoms with Crippen LogP contribution in [0.1, 0.15) is 31.7 Å². The van der Waals surface area contributed by atoms with E-state index in [0.29, 0.717) is 23.5 Å². The molecule has 0 N–H and O–H groups in total. The highest BCUT2D eigenvalue weighted by molar-refractivity contribution is 5.86. The van der Waals surface area contributed by atoms with Gasteiger partial charge in [0.05, 0.1) is 20.6 Å². The Kier molecular flexibility index (Phi) is 6.56. The van der Waals surface area contributed by atoms with Crippen LogP contribution >= 0.6 is 0 Å². The van der Waals surface area contributed by atoms with Crippen molar-refractivity contribution in [2.45, 2.75) is 32.6 Å². The Balaban J connectivity index is 2.67. The molecule has 1 aromatic rings. The smallest absolute Gasteiger partial charge is 0.318 e. The molecule has 1 aromatic carbocycles. The van der Waals surface area contributed by atoms with Crippen LogP contribution in [0.2, 0.25) is 0 Å². The standard InChI is InChI=1S/C15H20O5/c1-4-5-6-14(16)20-15(17)10-11-9-12(18-2)7-8-13(11)19-3/h7-9H,4-6,10H2,1-3H3. The lowest BCUT2D eigenvalue weighted by atomic mass is 10.1. The van der Waals surface area contributed by atoms with Gasteiger partial charge in [0, 0.05) is 12.0 Å².